The van der Waals surface area contributed by atoms with Crippen LogP contribution in [-0.4, -0.2) is 5.75 Å². The first-order chi connectivity index (χ1) is 12.3. The Morgan fingerprint density at radius 1 is 0.960 bits per heavy atom. The van der Waals surface area contributed by atoms with E-state index in [1.165, 1.54) is 53.5 Å². The Morgan fingerprint density at radius 3 is 2.52 bits per heavy atom. The quantitative estimate of drug-likeness (QED) is 0.451. The van der Waals surface area contributed by atoms with Gasteiger partial charge in [0.05, 0.1) is 4.75 Å². The van der Waals surface area contributed by atoms with Gasteiger partial charge in [0.15, 0.2) is 0 Å². The van der Waals surface area contributed by atoms with E-state index in [4.69, 9.17) is 0 Å². The Morgan fingerprint density at radius 2 is 1.72 bits per heavy atom. The zero-order valence-electron chi connectivity index (χ0n) is 14.1. The molecule has 1 spiro atoms. The van der Waals surface area contributed by atoms with Crippen LogP contribution in [-0.2, 0) is 11.2 Å². The first-order valence-electron chi connectivity index (χ1n) is 9.15. The summed E-state index contributed by atoms with van der Waals surface area (Å²) >= 11 is 4.23. The predicted octanol–water partition coefficient (Wildman–Crippen LogP) is 6.88. The van der Waals surface area contributed by atoms with E-state index in [2.05, 4.69) is 36.0 Å². The smallest absolute Gasteiger partial charge is 0.123 e. The third kappa shape index (κ3) is 2.63. The van der Waals surface area contributed by atoms with Crippen molar-refractivity contribution in [2.24, 2.45) is 0 Å². The van der Waals surface area contributed by atoms with Crippen molar-refractivity contribution in [3.63, 3.8) is 0 Å². The number of fused-ring (bicyclic) bond motifs is 4. The second-order valence-electron chi connectivity index (χ2n) is 7.32. The molecule has 0 saturated heterocycles. The van der Waals surface area contributed by atoms with Crippen LogP contribution in [0.25, 0.3) is 10.1 Å². The molecule has 2 aliphatic rings. The summed E-state index contributed by atoms with van der Waals surface area (Å²) in [5.41, 5.74) is 2.94. The molecule has 0 atom stereocenters. The van der Waals surface area contributed by atoms with Crippen molar-refractivity contribution < 1.29 is 4.39 Å². The van der Waals surface area contributed by atoms with Crippen molar-refractivity contribution in [2.45, 2.75) is 42.8 Å². The van der Waals surface area contributed by atoms with E-state index >= 15 is 0 Å². The fourth-order valence-corrected chi connectivity index (χ4v) is 7.82. The number of hydrogen-bond donors (Lipinski definition) is 0. The fourth-order valence-electron chi connectivity index (χ4n) is 4.65. The van der Waals surface area contributed by atoms with Gasteiger partial charge in [0.1, 0.15) is 5.82 Å². The van der Waals surface area contributed by atoms with Gasteiger partial charge in [-0.3, -0.25) is 0 Å². The minimum atomic E-state index is -0.131. The van der Waals surface area contributed by atoms with Gasteiger partial charge in [-0.15, -0.1) is 23.1 Å². The molecule has 5 rings (SSSR count). The number of rotatable bonds is 1. The second kappa shape index (κ2) is 6.14. The molecule has 0 amide bonds. The lowest BCUT2D eigenvalue weighted by Gasteiger charge is -2.42. The third-order valence-electron chi connectivity index (χ3n) is 5.98. The van der Waals surface area contributed by atoms with Gasteiger partial charge in [0, 0.05) is 9.58 Å². The lowest BCUT2D eigenvalue weighted by molar-refractivity contribution is 0.367. The van der Waals surface area contributed by atoms with Crippen molar-refractivity contribution in [3.8, 4) is 0 Å². The Hall–Kier alpha value is -1.32. The summed E-state index contributed by atoms with van der Waals surface area (Å²) < 4.78 is 15.0. The van der Waals surface area contributed by atoms with Crippen molar-refractivity contribution in [1.82, 2.24) is 0 Å². The van der Waals surface area contributed by atoms with Crippen LogP contribution >= 0.6 is 23.1 Å². The van der Waals surface area contributed by atoms with Crippen LogP contribution in [0.3, 0.4) is 0 Å². The lowest BCUT2D eigenvalue weighted by atomic mass is 9.76. The topological polar surface area (TPSA) is 0 Å². The third-order valence-corrected chi connectivity index (χ3v) is 9.10. The van der Waals surface area contributed by atoms with Crippen LogP contribution in [0.5, 0.6) is 0 Å². The molecule has 0 nitrogen and oxygen atoms in total. The molecule has 1 aliphatic heterocycles. The van der Waals surface area contributed by atoms with Crippen molar-refractivity contribution in [2.75, 3.05) is 5.75 Å². The molecule has 0 unspecified atom stereocenters. The molecule has 2 heterocycles. The normalized spacial score (nSPS) is 26.0. The average molecular weight is 369 g/mol. The summed E-state index contributed by atoms with van der Waals surface area (Å²) in [5.74, 6) is 1.70. The van der Waals surface area contributed by atoms with Gasteiger partial charge in [-0.05, 0) is 78.5 Å². The molecule has 1 aliphatic carbocycles. The molecule has 25 heavy (non-hydrogen) atoms. The SMILES string of the molecule is Fc1ccc(C2CCC3(CC2)SCCc2c3sc3ccccc23)cc1. The second-order valence-corrected chi connectivity index (χ2v) is 9.86. The molecule has 3 heteroatoms. The Balaban J connectivity index is 1.46. The van der Waals surface area contributed by atoms with Gasteiger partial charge in [-0.25, -0.2) is 4.39 Å². The fraction of sp³-hybridized carbons (Fsp3) is 0.364. The minimum absolute atomic E-state index is 0.131. The van der Waals surface area contributed by atoms with Crippen LogP contribution < -0.4 is 0 Å². The highest BCUT2D eigenvalue weighted by atomic mass is 32.2. The molecular weight excluding hydrogens is 347 g/mol. The molecule has 2 aromatic carbocycles. The Labute approximate surface area is 156 Å². The zero-order valence-corrected chi connectivity index (χ0v) is 15.8. The first-order valence-corrected chi connectivity index (χ1v) is 11.0. The van der Waals surface area contributed by atoms with Gasteiger partial charge in [-0.1, -0.05) is 30.3 Å². The summed E-state index contributed by atoms with van der Waals surface area (Å²) in [6, 6.07) is 16.1. The summed E-state index contributed by atoms with van der Waals surface area (Å²) in [6.45, 7) is 0. The molecule has 128 valence electrons. The van der Waals surface area contributed by atoms with E-state index in [0.717, 1.165) is 0 Å². The highest BCUT2D eigenvalue weighted by molar-refractivity contribution is 8.00. The van der Waals surface area contributed by atoms with Crippen molar-refractivity contribution in [1.29, 1.82) is 0 Å². The molecule has 1 aromatic heterocycles. The maximum atomic E-state index is 13.2. The monoisotopic (exact) mass is 368 g/mol. The van der Waals surface area contributed by atoms with Gasteiger partial charge in [-0.2, -0.15) is 0 Å². The van der Waals surface area contributed by atoms with Crippen molar-refractivity contribution >= 4 is 33.2 Å². The van der Waals surface area contributed by atoms with E-state index in [-0.39, 0.29) is 5.82 Å². The number of benzene rings is 2. The van der Waals surface area contributed by atoms with Crippen LogP contribution in [0.1, 0.15) is 47.6 Å². The van der Waals surface area contributed by atoms with Gasteiger partial charge >= 0.3 is 0 Å². The number of halogens is 1. The molecule has 0 radical (unpaired) electrons. The number of thioether (sulfide) groups is 1. The van der Waals surface area contributed by atoms with Crippen LogP contribution in [0.4, 0.5) is 4.39 Å². The van der Waals surface area contributed by atoms with E-state index in [9.17, 15) is 4.39 Å². The van der Waals surface area contributed by atoms with E-state index in [1.807, 2.05) is 23.5 Å². The van der Waals surface area contributed by atoms with Crippen molar-refractivity contribution in [3.05, 3.63) is 70.4 Å². The van der Waals surface area contributed by atoms with Gasteiger partial charge in [0.2, 0.25) is 0 Å². The highest BCUT2D eigenvalue weighted by Gasteiger charge is 2.42. The van der Waals surface area contributed by atoms with Gasteiger partial charge < -0.3 is 0 Å². The number of thiophene rings is 1. The summed E-state index contributed by atoms with van der Waals surface area (Å²) in [7, 11) is 0. The summed E-state index contributed by atoms with van der Waals surface area (Å²) in [5, 5.41) is 1.49. The molecule has 3 aromatic rings. The Kier molecular flexibility index (Phi) is 3.90. The first kappa shape index (κ1) is 15.9. The van der Waals surface area contributed by atoms with E-state index < -0.39 is 0 Å². The molecule has 1 fully saturated rings. The largest absolute Gasteiger partial charge is 0.207 e. The average Bonchev–Trinajstić information content (AvgIpc) is 3.04. The molecule has 0 bridgehead atoms. The Bertz CT molecular complexity index is 901. The van der Waals surface area contributed by atoms with E-state index in [1.54, 1.807) is 22.6 Å². The predicted molar refractivity (Wildman–Crippen MR) is 107 cm³/mol. The van der Waals surface area contributed by atoms with Crippen LogP contribution in [0.15, 0.2) is 48.5 Å². The summed E-state index contributed by atoms with van der Waals surface area (Å²) in [6.07, 6.45) is 6.14. The maximum Gasteiger partial charge on any atom is 0.123 e. The summed E-state index contributed by atoms with van der Waals surface area (Å²) in [4.78, 5) is 1.66. The van der Waals surface area contributed by atoms with Gasteiger partial charge in [0.25, 0.3) is 0 Å². The standard InChI is InChI=1S/C22H21FS2/c23-17-7-5-15(6-8-17)16-9-12-22(13-10-16)21-19(11-14-24-22)18-3-1-2-4-20(18)25-21/h1-8,16H,9-14H2. The number of hydrogen-bond acceptors (Lipinski definition) is 2. The van der Waals surface area contributed by atoms with E-state index in [0.29, 0.717) is 10.7 Å². The highest BCUT2D eigenvalue weighted by Crippen LogP contribution is 2.57. The molecular formula is C22H21FS2. The number of aryl methyl sites for hydroxylation is 1. The minimum Gasteiger partial charge on any atom is -0.207 e. The molecule has 0 N–H and O–H groups in total. The molecule has 1 saturated carbocycles. The zero-order chi connectivity index (χ0) is 16.9. The van der Waals surface area contributed by atoms with Crippen LogP contribution in [0.2, 0.25) is 0 Å². The van der Waals surface area contributed by atoms with Crippen LogP contribution in [0, 0.1) is 5.82 Å². The lowest BCUT2D eigenvalue weighted by Crippen LogP contribution is -2.31. The maximum absolute atomic E-state index is 13.2.